The fraction of sp³-hybridized carbons (Fsp3) is 0.333. The first-order chi connectivity index (χ1) is 12.5. The van der Waals surface area contributed by atoms with E-state index in [9.17, 15) is 9.59 Å². The summed E-state index contributed by atoms with van der Waals surface area (Å²) >= 11 is 6.01. The molecule has 1 saturated carbocycles. The molecule has 3 rings (SSSR count). The van der Waals surface area contributed by atoms with E-state index in [4.69, 9.17) is 11.6 Å². The van der Waals surface area contributed by atoms with Crippen LogP contribution < -0.4 is 10.6 Å². The summed E-state index contributed by atoms with van der Waals surface area (Å²) in [5.74, 6) is -0.0572. The molecule has 0 atom stereocenters. The van der Waals surface area contributed by atoms with Crippen molar-refractivity contribution in [3.63, 3.8) is 0 Å². The van der Waals surface area contributed by atoms with Gasteiger partial charge in [0.15, 0.2) is 0 Å². The van der Waals surface area contributed by atoms with Gasteiger partial charge in [-0.2, -0.15) is 0 Å². The molecular weight excluding hydrogens is 348 g/mol. The summed E-state index contributed by atoms with van der Waals surface area (Å²) in [6, 6.07) is 14.8. The minimum atomic E-state index is -0.521. The maximum absolute atomic E-state index is 13.2. The minimum absolute atomic E-state index is 0.00343. The van der Waals surface area contributed by atoms with E-state index in [1.807, 2.05) is 42.5 Å². The van der Waals surface area contributed by atoms with E-state index in [1.54, 1.807) is 13.0 Å². The average molecular weight is 371 g/mol. The van der Waals surface area contributed by atoms with Crippen molar-refractivity contribution >= 4 is 34.8 Å². The Balaban J connectivity index is 1.82. The van der Waals surface area contributed by atoms with E-state index in [0.717, 1.165) is 31.2 Å². The highest BCUT2D eigenvalue weighted by Crippen LogP contribution is 2.42. The van der Waals surface area contributed by atoms with E-state index in [0.29, 0.717) is 22.8 Å². The van der Waals surface area contributed by atoms with Crippen molar-refractivity contribution in [3.05, 3.63) is 59.1 Å². The number of nitrogens with one attached hydrogen (secondary N) is 2. The molecule has 1 aliphatic rings. The standard InChI is InChI=1S/C21H23ClN2O2/c1-2-19(25)23-17-6-5-7-18(14-17)24-20(26)21(12-3-4-13-21)15-8-10-16(22)11-9-15/h5-11,14H,2-4,12-13H2,1H3,(H,23,25)(H,24,26). The molecule has 4 nitrogen and oxygen atoms in total. The summed E-state index contributed by atoms with van der Waals surface area (Å²) in [5, 5.41) is 6.53. The highest BCUT2D eigenvalue weighted by atomic mass is 35.5. The molecule has 0 aromatic heterocycles. The summed E-state index contributed by atoms with van der Waals surface area (Å²) in [6.07, 6.45) is 4.13. The molecule has 0 saturated heterocycles. The van der Waals surface area contributed by atoms with Crippen LogP contribution >= 0.6 is 11.6 Å². The van der Waals surface area contributed by atoms with Crippen molar-refractivity contribution in [3.8, 4) is 0 Å². The normalized spacial score (nSPS) is 15.5. The smallest absolute Gasteiger partial charge is 0.235 e. The SMILES string of the molecule is CCC(=O)Nc1cccc(NC(=O)C2(c3ccc(Cl)cc3)CCCC2)c1. The predicted octanol–water partition coefficient (Wildman–Crippen LogP) is 5.14. The molecule has 0 aliphatic heterocycles. The number of amides is 2. The Hall–Kier alpha value is -2.33. The summed E-state index contributed by atoms with van der Waals surface area (Å²) in [6.45, 7) is 1.80. The second-order valence-corrected chi connectivity index (χ2v) is 7.17. The van der Waals surface area contributed by atoms with Gasteiger partial charge in [0.25, 0.3) is 0 Å². The molecule has 5 heteroatoms. The molecule has 0 radical (unpaired) electrons. The lowest BCUT2D eigenvalue weighted by Gasteiger charge is -2.28. The zero-order chi connectivity index (χ0) is 18.6. The molecule has 1 fully saturated rings. The van der Waals surface area contributed by atoms with Gasteiger partial charge in [0.2, 0.25) is 11.8 Å². The van der Waals surface area contributed by atoms with Crippen molar-refractivity contribution in [2.45, 2.75) is 44.4 Å². The number of hydrogen-bond acceptors (Lipinski definition) is 2. The first-order valence-electron chi connectivity index (χ1n) is 9.01. The van der Waals surface area contributed by atoms with E-state index in [2.05, 4.69) is 10.6 Å². The minimum Gasteiger partial charge on any atom is -0.326 e. The maximum Gasteiger partial charge on any atom is 0.235 e. The molecule has 0 unspecified atom stereocenters. The number of carbonyl (C=O) groups excluding carboxylic acids is 2. The average Bonchev–Trinajstić information content (AvgIpc) is 3.13. The van der Waals surface area contributed by atoms with E-state index in [1.165, 1.54) is 0 Å². The zero-order valence-corrected chi connectivity index (χ0v) is 15.6. The van der Waals surface area contributed by atoms with Gasteiger partial charge in [0.05, 0.1) is 5.41 Å². The van der Waals surface area contributed by atoms with E-state index < -0.39 is 5.41 Å². The van der Waals surface area contributed by atoms with Crippen molar-refractivity contribution in [2.24, 2.45) is 0 Å². The second kappa shape index (κ2) is 7.92. The quantitative estimate of drug-likeness (QED) is 0.765. The van der Waals surface area contributed by atoms with Crippen LogP contribution in [0.1, 0.15) is 44.6 Å². The highest BCUT2D eigenvalue weighted by Gasteiger charge is 2.42. The number of carbonyl (C=O) groups is 2. The molecule has 1 aliphatic carbocycles. The third-order valence-corrected chi connectivity index (χ3v) is 5.27. The van der Waals surface area contributed by atoms with Crippen LogP contribution in [0.15, 0.2) is 48.5 Å². The van der Waals surface area contributed by atoms with Crippen molar-refractivity contribution in [1.29, 1.82) is 0 Å². The van der Waals surface area contributed by atoms with Crippen molar-refractivity contribution in [1.82, 2.24) is 0 Å². The van der Waals surface area contributed by atoms with Gasteiger partial charge in [-0.25, -0.2) is 0 Å². The number of benzene rings is 2. The Morgan fingerprint density at radius 1 is 1.00 bits per heavy atom. The Morgan fingerprint density at radius 2 is 1.62 bits per heavy atom. The third-order valence-electron chi connectivity index (χ3n) is 5.01. The Morgan fingerprint density at radius 3 is 2.23 bits per heavy atom. The highest BCUT2D eigenvalue weighted by molar-refractivity contribution is 6.30. The molecule has 2 aromatic rings. The molecule has 0 spiro atoms. The van der Waals surface area contributed by atoms with Crippen LogP contribution in [0, 0.1) is 0 Å². The van der Waals surface area contributed by atoms with Crippen LogP contribution in [0.2, 0.25) is 5.02 Å². The molecule has 2 aromatic carbocycles. The lowest BCUT2D eigenvalue weighted by Crippen LogP contribution is -2.38. The number of anilines is 2. The monoisotopic (exact) mass is 370 g/mol. The lowest BCUT2D eigenvalue weighted by atomic mass is 9.78. The summed E-state index contributed by atoms with van der Waals surface area (Å²) in [5.41, 5.74) is 1.85. The van der Waals surface area contributed by atoms with Gasteiger partial charge < -0.3 is 10.6 Å². The molecule has 0 heterocycles. The van der Waals surface area contributed by atoms with E-state index in [-0.39, 0.29) is 11.8 Å². The van der Waals surface area contributed by atoms with Crippen LogP contribution in [-0.4, -0.2) is 11.8 Å². The summed E-state index contributed by atoms with van der Waals surface area (Å²) < 4.78 is 0. The van der Waals surface area contributed by atoms with Crippen LogP contribution in [0.5, 0.6) is 0 Å². The maximum atomic E-state index is 13.2. The van der Waals surface area contributed by atoms with Crippen molar-refractivity contribution in [2.75, 3.05) is 10.6 Å². The van der Waals surface area contributed by atoms with Gasteiger partial charge in [0, 0.05) is 22.8 Å². The number of rotatable bonds is 5. The fourth-order valence-electron chi connectivity index (χ4n) is 3.57. The van der Waals surface area contributed by atoms with Gasteiger partial charge in [-0.3, -0.25) is 9.59 Å². The van der Waals surface area contributed by atoms with Crippen LogP contribution in [-0.2, 0) is 15.0 Å². The molecule has 26 heavy (non-hydrogen) atoms. The summed E-state index contributed by atoms with van der Waals surface area (Å²) in [4.78, 5) is 24.8. The van der Waals surface area contributed by atoms with Crippen LogP contribution in [0.3, 0.4) is 0 Å². The molecule has 2 amide bonds. The molecular formula is C21H23ClN2O2. The van der Waals surface area contributed by atoms with Crippen molar-refractivity contribution < 1.29 is 9.59 Å². The predicted molar refractivity (Wildman–Crippen MR) is 106 cm³/mol. The van der Waals surface area contributed by atoms with Gasteiger partial charge >= 0.3 is 0 Å². The molecule has 136 valence electrons. The second-order valence-electron chi connectivity index (χ2n) is 6.73. The van der Waals surface area contributed by atoms with Gasteiger partial charge in [-0.1, -0.05) is 49.6 Å². The van der Waals surface area contributed by atoms with Gasteiger partial charge in [-0.05, 0) is 48.7 Å². The lowest BCUT2D eigenvalue weighted by molar-refractivity contribution is -0.121. The molecule has 2 N–H and O–H groups in total. The number of hydrogen-bond donors (Lipinski definition) is 2. The Labute approximate surface area is 158 Å². The van der Waals surface area contributed by atoms with Crippen LogP contribution in [0.4, 0.5) is 11.4 Å². The Kier molecular flexibility index (Phi) is 5.62. The van der Waals surface area contributed by atoms with Crippen LogP contribution in [0.25, 0.3) is 0 Å². The van der Waals surface area contributed by atoms with Gasteiger partial charge in [-0.15, -0.1) is 0 Å². The summed E-state index contributed by atoms with van der Waals surface area (Å²) in [7, 11) is 0. The fourth-order valence-corrected chi connectivity index (χ4v) is 3.70. The van der Waals surface area contributed by atoms with E-state index >= 15 is 0 Å². The Bertz CT molecular complexity index is 796. The third kappa shape index (κ3) is 3.91. The zero-order valence-electron chi connectivity index (χ0n) is 14.8. The molecule has 0 bridgehead atoms. The number of halogens is 1. The first-order valence-corrected chi connectivity index (χ1v) is 9.39. The van der Waals surface area contributed by atoms with Gasteiger partial charge in [0.1, 0.15) is 0 Å². The first kappa shape index (κ1) is 18.5. The topological polar surface area (TPSA) is 58.2 Å². The largest absolute Gasteiger partial charge is 0.326 e.